The van der Waals surface area contributed by atoms with Gasteiger partial charge < -0.3 is 25.0 Å². The molecular weight excluding hydrogens is 404 g/mol. The van der Waals surface area contributed by atoms with E-state index < -0.39 is 30.1 Å². The second kappa shape index (κ2) is 13.5. The van der Waals surface area contributed by atoms with E-state index in [0.29, 0.717) is 12.2 Å². The lowest BCUT2D eigenvalue weighted by Gasteiger charge is -2.28. The van der Waals surface area contributed by atoms with Gasteiger partial charge in [-0.3, -0.25) is 4.79 Å². The summed E-state index contributed by atoms with van der Waals surface area (Å²) in [6.45, 7) is 6.96. The van der Waals surface area contributed by atoms with E-state index >= 15 is 0 Å². The number of halogens is 2. The molecule has 0 aromatic heterocycles. The molecule has 30 heavy (non-hydrogen) atoms. The number of alkyl carbamates (subject to hydrolysis) is 1. The lowest BCUT2D eigenvalue weighted by atomic mass is 9.95. The Kier molecular flexibility index (Phi) is 12.2. The molecule has 0 heterocycles. The van der Waals surface area contributed by atoms with Crippen LogP contribution in [0.3, 0.4) is 0 Å². The van der Waals surface area contributed by atoms with Crippen molar-refractivity contribution in [1.29, 1.82) is 0 Å². The Morgan fingerprint density at radius 3 is 2.10 bits per heavy atom. The molecule has 0 saturated carbocycles. The van der Waals surface area contributed by atoms with E-state index in [2.05, 4.69) is 10.1 Å². The summed E-state index contributed by atoms with van der Waals surface area (Å²) in [6, 6.07) is 7.25. The van der Waals surface area contributed by atoms with Crippen LogP contribution in [-0.4, -0.2) is 52.9 Å². The Hall–Kier alpha value is -2.75. The maximum atomic E-state index is 13.5. The SMILES string of the molecule is CC(C)CC(NC(=O)OCc1ccccc1)C(O)C(F)(F)C(=O)O.CCOC(C)=O. The number of carbonyl (C=O) groups is 3. The van der Waals surface area contributed by atoms with Crippen LogP contribution >= 0.6 is 0 Å². The van der Waals surface area contributed by atoms with Crippen molar-refractivity contribution in [3.8, 4) is 0 Å². The fourth-order valence-corrected chi connectivity index (χ4v) is 2.27. The number of aliphatic hydroxyl groups excluding tert-OH is 1. The van der Waals surface area contributed by atoms with Crippen LogP contribution in [-0.2, 0) is 25.7 Å². The van der Waals surface area contributed by atoms with Gasteiger partial charge in [0.25, 0.3) is 0 Å². The van der Waals surface area contributed by atoms with Crippen molar-refractivity contribution in [2.24, 2.45) is 5.92 Å². The summed E-state index contributed by atoms with van der Waals surface area (Å²) < 4.78 is 36.3. The van der Waals surface area contributed by atoms with Crippen molar-refractivity contribution in [3.05, 3.63) is 35.9 Å². The van der Waals surface area contributed by atoms with Crippen molar-refractivity contribution < 1.29 is 42.9 Å². The number of amides is 1. The molecule has 0 bridgehead atoms. The molecule has 3 N–H and O–H groups in total. The van der Waals surface area contributed by atoms with E-state index in [1.54, 1.807) is 51.1 Å². The molecule has 0 spiro atoms. The van der Waals surface area contributed by atoms with Crippen molar-refractivity contribution in [2.75, 3.05) is 6.61 Å². The molecule has 0 aliphatic carbocycles. The van der Waals surface area contributed by atoms with Gasteiger partial charge in [-0.1, -0.05) is 44.2 Å². The Bertz CT molecular complexity index is 668. The summed E-state index contributed by atoms with van der Waals surface area (Å²) in [4.78, 5) is 32.2. The minimum absolute atomic E-state index is 0.0372. The number of hydrogen-bond acceptors (Lipinski definition) is 6. The number of rotatable bonds is 9. The molecule has 2 unspecified atom stereocenters. The molecule has 0 radical (unpaired) electrons. The second-order valence-corrected chi connectivity index (χ2v) is 6.74. The number of aliphatic carboxylic acids is 1. The first-order valence-electron chi connectivity index (χ1n) is 9.31. The van der Waals surface area contributed by atoms with Crippen LogP contribution in [0.5, 0.6) is 0 Å². The van der Waals surface area contributed by atoms with Crippen molar-refractivity contribution >= 4 is 18.0 Å². The maximum absolute atomic E-state index is 13.5. The predicted molar refractivity (Wildman–Crippen MR) is 104 cm³/mol. The van der Waals surface area contributed by atoms with E-state index in [-0.39, 0.29) is 24.9 Å². The largest absolute Gasteiger partial charge is 0.477 e. The van der Waals surface area contributed by atoms with Gasteiger partial charge in [0.05, 0.1) is 12.6 Å². The molecule has 170 valence electrons. The Morgan fingerprint density at radius 1 is 1.13 bits per heavy atom. The topological polar surface area (TPSA) is 122 Å². The first kappa shape index (κ1) is 27.2. The third-order valence-electron chi connectivity index (χ3n) is 3.63. The third kappa shape index (κ3) is 10.7. The van der Waals surface area contributed by atoms with Gasteiger partial charge in [-0.25, -0.2) is 9.59 Å². The average molecular weight is 433 g/mol. The minimum atomic E-state index is -4.38. The highest BCUT2D eigenvalue weighted by Gasteiger charge is 2.51. The number of aliphatic hydroxyl groups is 1. The zero-order valence-electron chi connectivity index (χ0n) is 17.4. The zero-order valence-corrected chi connectivity index (χ0v) is 17.4. The highest BCUT2D eigenvalue weighted by atomic mass is 19.3. The molecule has 1 amide bonds. The van der Waals surface area contributed by atoms with Crippen LogP contribution < -0.4 is 5.32 Å². The molecule has 1 aromatic rings. The van der Waals surface area contributed by atoms with Gasteiger partial charge in [0, 0.05) is 6.92 Å². The minimum Gasteiger partial charge on any atom is -0.477 e. The summed E-state index contributed by atoms with van der Waals surface area (Å²) in [5.41, 5.74) is 0.699. The van der Waals surface area contributed by atoms with E-state index in [1.165, 1.54) is 6.92 Å². The van der Waals surface area contributed by atoms with Crippen LogP contribution in [0.15, 0.2) is 30.3 Å². The van der Waals surface area contributed by atoms with Gasteiger partial charge in [-0.05, 0) is 24.8 Å². The Morgan fingerprint density at radius 2 is 1.70 bits per heavy atom. The Balaban J connectivity index is 0.00000122. The monoisotopic (exact) mass is 433 g/mol. The quantitative estimate of drug-likeness (QED) is 0.512. The zero-order chi connectivity index (χ0) is 23.3. The molecule has 0 aliphatic heterocycles. The summed E-state index contributed by atoms with van der Waals surface area (Å²) >= 11 is 0. The molecule has 10 heteroatoms. The summed E-state index contributed by atoms with van der Waals surface area (Å²) in [6.07, 6.45) is -3.61. The van der Waals surface area contributed by atoms with Crippen LogP contribution in [0.1, 0.15) is 39.7 Å². The average Bonchev–Trinajstić information content (AvgIpc) is 2.66. The van der Waals surface area contributed by atoms with E-state index in [4.69, 9.17) is 9.84 Å². The summed E-state index contributed by atoms with van der Waals surface area (Å²) in [5.74, 6) is -7.21. The summed E-state index contributed by atoms with van der Waals surface area (Å²) in [5, 5.41) is 20.3. The van der Waals surface area contributed by atoms with Crippen LogP contribution in [0, 0.1) is 5.92 Å². The molecule has 0 saturated heterocycles. The van der Waals surface area contributed by atoms with Crippen molar-refractivity contribution in [3.63, 3.8) is 0 Å². The number of carboxylic acid groups (broad SMARTS) is 1. The number of alkyl halides is 2. The molecule has 8 nitrogen and oxygen atoms in total. The molecule has 1 aromatic carbocycles. The van der Waals surface area contributed by atoms with Gasteiger partial charge in [0.2, 0.25) is 0 Å². The highest BCUT2D eigenvalue weighted by Crippen LogP contribution is 2.24. The lowest BCUT2D eigenvalue weighted by molar-refractivity contribution is -0.185. The molecule has 0 aliphatic rings. The maximum Gasteiger partial charge on any atom is 0.407 e. The highest BCUT2D eigenvalue weighted by molar-refractivity contribution is 5.76. The fraction of sp³-hybridized carbons (Fsp3) is 0.550. The van der Waals surface area contributed by atoms with Crippen LogP contribution in [0.4, 0.5) is 13.6 Å². The molecule has 1 rings (SSSR count). The lowest BCUT2D eigenvalue weighted by Crippen LogP contribution is -2.55. The van der Waals surface area contributed by atoms with Gasteiger partial charge >= 0.3 is 24.0 Å². The summed E-state index contributed by atoms with van der Waals surface area (Å²) in [7, 11) is 0. The number of esters is 1. The number of ether oxygens (including phenoxy) is 2. The van der Waals surface area contributed by atoms with Gasteiger partial charge in [0.15, 0.2) is 0 Å². The molecule has 0 fully saturated rings. The number of carbonyl (C=O) groups excluding carboxylic acids is 2. The fourth-order valence-electron chi connectivity index (χ4n) is 2.27. The first-order chi connectivity index (χ1) is 13.9. The van der Waals surface area contributed by atoms with Gasteiger partial charge in [-0.2, -0.15) is 8.78 Å². The number of hydrogen-bond donors (Lipinski definition) is 3. The number of nitrogens with one attached hydrogen (secondary N) is 1. The van der Waals surface area contributed by atoms with Gasteiger partial charge in [0.1, 0.15) is 12.7 Å². The van der Waals surface area contributed by atoms with E-state index in [1.807, 2.05) is 0 Å². The van der Waals surface area contributed by atoms with Crippen molar-refractivity contribution in [2.45, 2.75) is 58.8 Å². The van der Waals surface area contributed by atoms with E-state index in [9.17, 15) is 28.3 Å². The van der Waals surface area contributed by atoms with E-state index in [0.717, 1.165) is 0 Å². The van der Waals surface area contributed by atoms with Gasteiger partial charge in [-0.15, -0.1) is 0 Å². The number of carboxylic acids is 1. The van der Waals surface area contributed by atoms with Crippen molar-refractivity contribution in [1.82, 2.24) is 5.32 Å². The Labute approximate surface area is 174 Å². The molecular formula is C20H29F2NO7. The standard InChI is InChI=1S/C16H21F2NO5.C4H8O2/c1-10(2)8-12(13(20)16(17,18)14(21)22)19-15(23)24-9-11-6-4-3-5-7-11;1-3-6-4(2)5/h3-7,10,12-13,20H,8-9H2,1-2H3,(H,19,23)(H,21,22);3H2,1-2H3. The van der Waals surface area contributed by atoms with Crippen LogP contribution in [0.25, 0.3) is 0 Å². The predicted octanol–water partition coefficient (Wildman–Crippen LogP) is 2.98. The normalized spacial score (nSPS) is 12.8. The number of benzene rings is 1. The second-order valence-electron chi connectivity index (χ2n) is 6.74. The molecule has 2 atom stereocenters. The first-order valence-corrected chi connectivity index (χ1v) is 9.31. The third-order valence-corrected chi connectivity index (χ3v) is 3.63. The van der Waals surface area contributed by atoms with Crippen LogP contribution in [0.2, 0.25) is 0 Å². The smallest absolute Gasteiger partial charge is 0.407 e.